The molecule has 11 heteroatoms. The SMILES string of the molecule is CN[C@H](C(=O)N[C@H](C(=O)N(C)[C@H](/C=C(\C)C(=O)N[C@H](CC(=O)O)C(=O)O)C(C)C)C(C)(C)C)C(C)(C)c1ccccc1. The number of rotatable bonds is 14. The molecule has 0 aliphatic carbocycles. The molecule has 0 radical (unpaired) electrons. The van der Waals surface area contributed by atoms with Gasteiger partial charge in [0, 0.05) is 18.0 Å². The smallest absolute Gasteiger partial charge is 0.326 e. The van der Waals surface area contributed by atoms with Crippen LogP contribution in [0.3, 0.4) is 0 Å². The number of nitrogens with one attached hydrogen (secondary N) is 3. The van der Waals surface area contributed by atoms with E-state index in [1.165, 1.54) is 11.8 Å². The van der Waals surface area contributed by atoms with Gasteiger partial charge in [0.2, 0.25) is 17.7 Å². The first-order valence-electron chi connectivity index (χ1n) is 14.0. The Morgan fingerprint density at radius 3 is 1.90 bits per heavy atom. The summed E-state index contributed by atoms with van der Waals surface area (Å²) < 4.78 is 0. The van der Waals surface area contributed by atoms with Crippen LogP contribution in [0.15, 0.2) is 42.0 Å². The highest BCUT2D eigenvalue weighted by Gasteiger charge is 2.41. The first-order chi connectivity index (χ1) is 19.2. The Hall–Kier alpha value is -3.73. The van der Waals surface area contributed by atoms with E-state index in [9.17, 15) is 29.1 Å². The van der Waals surface area contributed by atoms with Gasteiger partial charge in [0.05, 0.1) is 18.5 Å². The number of amides is 3. The van der Waals surface area contributed by atoms with Gasteiger partial charge in [-0.1, -0.05) is 84.9 Å². The molecule has 1 aromatic carbocycles. The van der Waals surface area contributed by atoms with Crippen molar-refractivity contribution in [3.05, 3.63) is 47.5 Å². The summed E-state index contributed by atoms with van der Waals surface area (Å²) in [5, 5.41) is 26.6. The number of carbonyl (C=O) groups excluding carboxylic acids is 3. The van der Waals surface area contributed by atoms with Gasteiger partial charge in [-0.3, -0.25) is 19.2 Å². The van der Waals surface area contributed by atoms with Crippen LogP contribution in [0.2, 0.25) is 0 Å². The number of nitrogens with zero attached hydrogens (tertiary/aromatic N) is 1. The average molecular weight is 589 g/mol. The molecule has 11 nitrogen and oxygen atoms in total. The van der Waals surface area contributed by atoms with Crippen LogP contribution < -0.4 is 16.0 Å². The summed E-state index contributed by atoms with van der Waals surface area (Å²) in [7, 11) is 3.29. The van der Waals surface area contributed by atoms with E-state index in [4.69, 9.17) is 5.11 Å². The first kappa shape index (κ1) is 36.3. The zero-order valence-electron chi connectivity index (χ0n) is 26.4. The third-order valence-corrected chi connectivity index (χ3v) is 7.43. The van der Waals surface area contributed by atoms with Crippen molar-refractivity contribution in [2.75, 3.05) is 14.1 Å². The second kappa shape index (κ2) is 14.9. The number of hydrogen-bond donors (Lipinski definition) is 5. The quantitative estimate of drug-likeness (QED) is 0.207. The first-order valence-corrected chi connectivity index (χ1v) is 14.0. The van der Waals surface area contributed by atoms with Gasteiger partial charge in [0.25, 0.3) is 0 Å². The fraction of sp³-hybridized carbons (Fsp3) is 0.581. The highest BCUT2D eigenvalue weighted by molar-refractivity contribution is 5.96. The minimum Gasteiger partial charge on any atom is -0.481 e. The monoisotopic (exact) mass is 588 g/mol. The maximum absolute atomic E-state index is 14.0. The maximum atomic E-state index is 14.0. The van der Waals surface area contributed by atoms with E-state index in [2.05, 4.69) is 16.0 Å². The van der Waals surface area contributed by atoms with E-state index in [1.807, 2.05) is 78.8 Å². The van der Waals surface area contributed by atoms with Crippen LogP contribution in [0.5, 0.6) is 0 Å². The lowest BCUT2D eigenvalue weighted by molar-refractivity contribution is -0.146. The van der Waals surface area contributed by atoms with E-state index < -0.39 is 59.3 Å². The molecule has 1 rings (SSSR count). The number of carboxylic acids is 2. The average Bonchev–Trinajstić information content (AvgIpc) is 2.88. The third-order valence-electron chi connectivity index (χ3n) is 7.43. The van der Waals surface area contributed by atoms with Crippen LogP contribution in [0, 0.1) is 11.3 Å². The summed E-state index contributed by atoms with van der Waals surface area (Å²) in [6.45, 7) is 14.7. The topological polar surface area (TPSA) is 165 Å². The molecular weight excluding hydrogens is 540 g/mol. The van der Waals surface area contributed by atoms with Gasteiger partial charge in [-0.2, -0.15) is 0 Å². The van der Waals surface area contributed by atoms with Crippen molar-refractivity contribution in [1.82, 2.24) is 20.9 Å². The van der Waals surface area contributed by atoms with Crippen molar-refractivity contribution in [2.24, 2.45) is 11.3 Å². The fourth-order valence-electron chi connectivity index (χ4n) is 4.81. The second-order valence-corrected chi connectivity index (χ2v) is 12.6. The van der Waals surface area contributed by atoms with Crippen LogP contribution in [0.1, 0.15) is 67.4 Å². The van der Waals surface area contributed by atoms with Crippen molar-refractivity contribution in [1.29, 1.82) is 0 Å². The van der Waals surface area contributed by atoms with Crippen molar-refractivity contribution < 1.29 is 34.2 Å². The van der Waals surface area contributed by atoms with Crippen molar-refractivity contribution >= 4 is 29.7 Å². The van der Waals surface area contributed by atoms with Crippen molar-refractivity contribution in [3.63, 3.8) is 0 Å². The van der Waals surface area contributed by atoms with Crippen LogP contribution in [-0.2, 0) is 29.4 Å². The van der Waals surface area contributed by atoms with Gasteiger partial charge < -0.3 is 31.1 Å². The highest BCUT2D eigenvalue weighted by Crippen LogP contribution is 2.29. The minimum absolute atomic E-state index is 0.126. The lowest BCUT2D eigenvalue weighted by Gasteiger charge is -2.40. The second-order valence-electron chi connectivity index (χ2n) is 12.6. The van der Waals surface area contributed by atoms with Crippen LogP contribution in [-0.4, -0.2) is 83.0 Å². The molecule has 234 valence electrons. The van der Waals surface area contributed by atoms with E-state index in [-0.39, 0.29) is 23.3 Å². The molecule has 1 aromatic rings. The number of carbonyl (C=O) groups is 5. The molecule has 0 bridgehead atoms. The summed E-state index contributed by atoms with van der Waals surface area (Å²) in [6, 6.07) is 5.89. The lowest BCUT2D eigenvalue weighted by atomic mass is 9.76. The predicted molar refractivity (Wildman–Crippen MR) is 161 cm³/mol. The molecular formula is C31H48N4O7. The molecule has 4 atom stereocenters. The molecule has 0 aromatic heterocycles. The molecule has 42 heavy (non-hydrogen) atoms. The molecule has 0 aliphatic rings. The Bertz CT molecular complexity index is 1160. The molecule has 3 amide bonds. The Morgan fingerprint density at radius 2 is 1.48 bits per heavy atom. The van der Waals surface area contributed by atoms with Crippen molar-refractivity contribution in [3.8, 4) is 0 Å². The van der Waals surface area contributed by atoms with E-state index in [0.717, 1.165) is 5.56 Å². The molecule has 0 fully saturated rings. The normalized spacial score (nSPS) is 15.3. The van der Waals surface area contributed by atoms with Crippen LogP contribution >= 0.6 is 0 Å². The summed E-state index contributed by atoms with van der Waals surface area (Å²) in [5.74, 6) is -4.44. The molecule has 0 saturated heterocycles. The summed E-state index contributed by atoms with van der Waals surface area (Å²) in [5.41, 5.74) is -0.178. The van der Waals surface area contributed by atoms with E-state index in [0.29, 0.717) is 0 Å². The highest BCUT2D eigenvalue weighted by atomic mass is 16.4. The number of benzene rings is 1. The van der Waals surface area contributed by atoms with Gasteiger partial charge in [-0.05, 0) is 30.9 Å². The van der Waals surface area contributed by atoms with Gasteiger partial charge >= 0.3 is 11.9 Å². The maximum Gasteiger partial charge on any atom is 0.326 e. The molecule has 0 aliphatic heterocycles. The van der Waals surface area contributed by atoms with E-state index in [1.54, 1.807) is 20.2 Å². The Labute approximate surface area is 249 Å². The van der Waals surface area contributed by atoms with Crippen LogP contribution in [0.4, 0.5) is 0 Å². The molecule has 0 saturated carbocycles. The van der Waals surface area contributed by atoms with Gasteiger partial charge in [-0.25, -0.2) is 4.79 Å². The minimum atomic E-state index is -1.60. The molecule has 5 N–H and O–H groups in total. The number of carboxylic acid groups (broad SMARTS) is 2. The Kier molecular flexibility index (Phi) is 12.9. The van der Waals surface area contributed by atoms with E-state index >= 15 is 0 Å². The third kappa shape index (κ3) is 9.68. The summed E-state index contributed by atoms with van der Waals surface area (Å²) in [6.07, 6.45) is 0.774. The van der Waals surface area contributed by atoms with Gasteiger partial charge in [-0.15, -0.1) is 0 Å². The number of likely N-dealkylation sites (N-methyl/N-ethyl adjacent to an activating group) is 2. The molecule has 0 unspecified atom stereocenters. The van der Waals surface area contributed by atoms with Gasteiger partial charge in [0.1, 0.15) is 12.1 Å². The van der Waals surface area contributed by atoms with Crippen LogP contribution in [0.25, 0.3) is 0 Å². The number of aliphatic carboxylic acids is 2. The molecule has 0 spiro atoms. The summed E-state index contributed by atoms with van der Waals surface area (Å²) in [4.78, 5) is 64.3. The van der Waals surface area contributed by atoms with Gasteiger partial charge in [0.15, 0.2) is 0 Å². The summed E-state index contributed by atoms with van der Waals surface area (Å²) >= 11 is 0. The molecule has 0 heterocycles. The number of hydrogen-bond acceptors (Lipinski definition) is 6. The zero-order chi connectivity index (χ0) is 32.6. The van der Waals surface area contributed by atoms with Crippen molar-refractivity contribution in [2.45, 2.75) is 91.4 Å². The lowest BCUT2D eigenvalue weighted by Crippen LogP contribution is -2.61. The zero-order valence-corrected chi connectivity index (χ0v) is 26.4. The Morgan fingerprint density at radius 1 is 0.929 bits per heavy atom. The fourth-order valence-corrected chi connectivity index (χ4v) is 4.81. The standard InChI is InChI=1S/C31H48N4O7/c1-18(2)22(16-19(3)26(38)33-21(29(41)42)17-23(36)37)35(10)28(40)25(30(4,5)6)34-27(39)24(32-9)31(7,8)20-14-12-11-13-15-20/h11-16,18,21-22,24-25,32H,17H2,1-10H3,(H,33,38)(H,34,39)(H,36,37)(H,41,42)/b19-16+/t21-,22-,24-,25-/m1/s1. The predicted octanol–water partition coefficient (Wildman–Crippen LogP) is 2.56. The largest absolute Gasteiger partial charge is 0.481 e. The Balaban J connectivity index is 3.29.